The monoisotopic (exact) mass is 222 g/mol. The summed E-state index contributed by atoms with van der Waals surface area (Å²) in [5, 5.41) is 0. The van der Waals surface area contributed by atoms with Crippen LogP contribution in [-0.2, 0) is 0 Å². The fourth-order valence-electron chi connectivity index (χ4n) is 2.05. The molecule has 0 aliphatic carbocycles. The second-order valence-corrected chi connectivity index (χ2v) is 4.98. The highest BCUT2D eigenvalue weighted by molar-refractivity contribution is 7.99. The van der Waals surface area contributed by atoms with Crippen molar-refractivity contribution >= 4 is 17.4 Å². The van der Waals surface area contributed by atoms with Crippen molar-refractivity contribution in [1.29, 1.82) is 0 Å². The Bertz CT molecular complexity index is 283. The zero-order valence-corrected chi connectivity index (χ0v) is 9.75. The molecular weight excluding hydrogens is 204 g/mol. The average molecular weight is 222 g/mol. The molecule has 0 saturated carbocycles. The van der Waals surface area contributed by atoms with Crippen LogP contribution in [-0.4, -0.2) is 30.6 Å². The largest absolute Gasteiger partial charge is 0.366 e. The predicted octanol–water partition coefficient (Wildman–Crippen LogP) is 1.96. The van der Waals surface area contributed by atoms with E-state index in [2.05, 4.69) is 35.2 Å². The van der Waals surface area contributed by atoms with Gasteiger partial charge in [0.1, 0.15) is 0 Å². The van der Waals surface area contributed by atoms with Crippen molar-refractivity contribution in [2.75, 3.05) is 29.5 Å². The summed E-state index contributed by atoms with van der Waals surface area (Å²) in [4.78, 5) is 2.46. The molecule has 2 nitrogen and oxygen atoms in total. The summed E-state index contributed by atoms with van der Waals surface area (Å²) in [6, 6.07) is 11.3. The minimum atomic E-state index is 0.681. The number of benzene rings is 1. The van der Waals surface area contributed by atoms with Gasteiger partial charge in [-0.25, -0.2) is 0 Å². The maximum atomic E-state index is 5.69. The highest BCUT2D eigenvalue weighted by Gasteiger charge is 2.22. The van der Waals surface area contributed by atoms with Crippen LogP contribution >= 0.6 is 11.8 Å². The number of nitrogens with zero attached hydrogens (tertiary/aromatic N) is 1. The third-order valence-corrected chi connectivity index (χ3v) is 3.95. The van der Waals surface area contributed by atoms with Crippen LogP contribution < -0.4 is 10.6 Å². The SMILES string of the molecule is NCCN(c1ccccc1)C1CCSC1. The molecule has 2 rings (SSSR count). The molecule has 1 unspecified atom stereocenters. The molecule has 1 heterocycles. The van der Waals surface area contributed by atoms with E-state index in [1.165, 1.54) is 23.6 Å². The van der Waals surface area contributed by atoms with Crippen molar-refractivity contribution in [3.63, 3.8) is 0 Å². The van der Waals surface area contributed by atoms with Gasteiger partial charge in [-0.2, -0.15) is 11.8 Å². The topological polar surface area (TPSA) is 29.3 Å². The first-order valence-electron chi connectivity index (χ1n) is 5.51. The van der Waals surface area contributed by atoms with Crippen LogP contribution in [0.5, 0.6) is 0 Å². The van der Waals surface area contributed by atoms with Gasteiger partial charge < -0.3 is 10.6 Å². The molecule has 1 aliphatic heterocycles. The minimum Gasteiger partial charge on any atom is -0.366 e. The second-order valence-electron chi connectivity index (χ2n) is 3.84. The fourth-order valence-corrected chi connectivity index (χ4v) is 3.27. The van der Waals surface area contributed by atoms with Crippen LogP contribution in [0.1, 0.15) is 6.42 Å². The lowest BCUT2D eigenvalue weighted by molar-refractivity contribution is 0.646. The van der Waals surface area contributed by atoms with Crippen molar-refractivity contribution < 1.29 is 0 Å². The molecule has 0 amide bonds. The third kappa shape index (κ3) is 2.67. The van der Waals surface area contributed by atoms with Crippen molar-refractivity contribution in [2.24, 2.45) is 5.73 Å². The number of hydrogen-bond donors (Lipinski definition) is 1. The van der Waals surface area contributed by atoms with E-state index in [4.69, 9.17) is 5.73 Å². The van der Waals surface area contributed by atoms with Crippen molar-refractivity contribution in [3.05, 3.63) is 30.3 Å². The van der Waals surface area contributed by atoms with Crippen LogP contribution in [0.25, 0.3) is 0 Å². The molecule has 1 fully saturated rings. The Balaban J connectivity index is 2.11. The highest BCUT2D eigenvalue weighted by Crippen LogP contribution is 2.26. The zero-order chi connectivity index (χ0) is 10.5. The van der Waals surface area contributed by atoms with Gasteiger partial charge in [0.2, 0.25) is 0 Å². The molecule has 1 aromatic rings. The average Bonchev–Trinajstić information content (AvgIpc) is 2.80. The molecule has 1 saturated heterocycles. The summed E-state index contributed by atoms with van der Waals surface area (Å²) in [6.07, 6.45) is 1.29. The van der Waals surface area contributed by atoms with Crippen LogP contribution in [0.2, 0.25) is 0 Å². The smallest absolute Gasteiger partial charge is 0.0388 e. The lowest BCUT2D eigenvalue weighted by atomic mass is 10.2. The van der Waals surface area contributed by atoms with E-state index in [-0.39, 0.29) is 0 Å². The van der Waals surface area contributed by atoms with Gasteiger partial charge in [0, 0.05) is 30.6 Å². The highest BCUT2D eigenvalue weighted by atomic mass is 32.2. The number of nitrogens with two attached hydrogens (primary N) is 1. The number of thioether (sulfide) groups is 1. The van der Waals surface area contributed by atoms with E-state index < -0.39 is 0 Å². The molecule has 0 radical (unpaired) electrons. The van der Waals surface area contributed by atoms with Gasteiger partial charge in [-0.05, 0) is 24.3 Å². The Morgan fingerprint density at radius 1 is 1.33 bits per heavy atom. The number of para-hydroxylation sites is 1. The molecule has 82 valence electrons. The number of hydrogen-bond acceptors (Lipinski definition) is 3. The maximum absolute atomic E-state index is 5.69. The Morgan fingerprint density at radius 2 is 2.13 bits per heavy atom. The summed E-state index contributed by atoms with van der Waals surface area (Å²) in [6.45, 7) is 1.70. The first-order chi connectivity index (χ1) is 7.42. The standard InChI is InChI=1S/C12H18N2S/c13-7-8-14(12-6-9-15-10-12)11-4-2-1-3-5-11/h1-5,12H,6-10,13H2. The van der Waals surface area contributed by atoms with E-state index in [9.17, 15) is 0 Å². The van der Waals surface area contributed by atoms with Crippen molar-refractivity contribution in [1.82, 2.24) is 0 Å². The summed E-state index contributed by atoms with van der Waals surface area (Å²) in [5.41, 5.74) is 7.00. The Kier molecular flexibility index (Phi) is 3.92. The number of anilines is 1. The lowest BCUT2D eigenvalue weighted by Crippen LogP contribution is -2.38. The first-order valence-corrected chi connectivity index (χ1v) is 6.67. The van der Waals surface area contributed by atoms with E-state index in [1.54, 1.807) is 0 Å². The van der Waals surface area contributed by atoms with Gasteiger partial charge in [0.15, 0.2) is 0 Å². The molecule has 2 N–H and O–H groups in total. The quantitative estimate of drug-likeness (QED) is 0.844. The normalized spacial score (nSPS) is 20.5. The van der Waals surface area contributed by atoms with E-state index in [1.807, 2.05) is 11.8 Å². The molecule has 1 aliphatic rings. The number of rotatable bonds is 4. The molecule has 0 spiro atoms. The van der Waals surface area contributed by atoms with E-state index >= 15 is 0 Å². The molecule has 1 atom stereocenters. The minimum absolute atomic E-state index is 0.681. The summed E-state index contributed by atoms with van der Waals surface area (Å²) >= 11 is 2.05. The predicted molar refractivity (Wildman–Crippen MR) is 68.6 cm³/mol. The van der Waals surface area contributed by atoms with Crippen LogP contribution in [0.3, 0.4) is 0 Å². The van der Waals surface area contributed by atoms with Gasteiger partial charge in [0.25, 0.3) is 0 Å². The van der Waals surface area contributed by atoms with Crippen molar-refractivity contribution in [2.45, 2.75) is 12.5 Å². The molecule has 1 aromatic carbocycles. The van der Waals surface area contributed by atoms with E-state index in [0.29, 0.717) is 6.04 Å². The zero-order valence-electron chi connectivity index (χ0n) is 8.93. The molecular formula is C12H18N2S. The summed E-state index contributed by atoms with van der Waals surface area (Å²) < 4.78 is 0. The third-order valence-electron chi connectivity index (χ3n) is 2.80. The Hall–Kier alpha value is -0.670. The van der Waals surface area contributed by atoms with Crippen LogP contribution in [0, 0.1) is 0 Å². The molecule has 3 heteroatoms. The first kappa shape index (κ1) is 10.8. The van der Waals surface area contributed by atoms with Gasteiger partial charge in [0.05, 0.1) is 0 Å². The van der Waals surface area contributed by atoms with E-state index in [0.717, 1.165) is 13.1 Å². The fraction of sp³-hybridized carbons (Fsp3) is 0.500. The summed E-state index contributed by atoms with van der Waals surface area (Å²) in [5.74, 6) is 2.54. The molecule has 0 bridgehead atoms. The molecule has 15 heavy (non-hydrogen) atoms. The Labute approximate surface area is 95.8 Å². The van der Waals surface area contributed by atoms with Gasteiger partial charge >= 0.3 is 0 Å². The van der Waals surface area contributed by atoms with Gasteiger partial charge in [-0.3, -0.25) is 0 Å². The Morgan fingerprint density at radius 3 is 2.73 bits per heavy atom. The lowest BCUT2D eigenvalue weighted by Gasteiger charge is -2.30. The van der Waals surface area contributed by atoms with Crippen LogP contribution in [0.4, 0.5) is 5.69 Å². The second kappa shape index (κ2) is 5.42. The molecule has 0 aromatic heterocycles. The van der Waals surface area contributed by atoms with Gasteiger partial charge in [-0.1, -0.05) is 18.2 Å². The van der Waals surface area contributed by atoms with Crippen LogP contribution in [0.15, 0.2) is 30.3 Å². The maximum Gasteiger partial charge on any atom is 0.0388 e. The van der Waals surface area contributed by atoms with Crippen molar-refractivity contribution in [3.8, 4) is 0 Å². The summed E-state index contributed by atoms with van der Waals surface area (Å²) in [7, 11) is 0. The van der Waals surface area contributed by atoms with Gasteiger partial charge in [-0.15, -0.1) is 0 Å².